The highest BCUT2D eigenvalue weighted by Gasteiger charge is 2.47. The molecule has 0 radical (unpaired) electrons. The first-order chi connectivity index (χ1) is 7.34. The molecular formula is C15H23N. The molecule has 1 aliphatic carbocycles. The van der Waals surface area contributed by atoms with Crippen LogP contribution in [0.1, 0.15) is 48.4 Å². The van der Waals surface area contributed by atoms with E-state index in [4.69, 9.17) is 5.73 Å². The van der Waals surface area contributed by atoms with Crippen molar-refractivity contribution in [3.05, 3.63) is 34.4 Å². The molecule has 2 atom stereocenters. The zero-order valence-electron chi connectivity index (χ0n) is 11.1. The molecule has 2 unspecified atom stereocenters. The lowest BCUT2D eigenvalue weighted by atomic mass is 9.55. The van der Waals surface area contributed by atoms with Gasteiger partial charge in [0.15, 0.2) is 0 Å². The van der Waals surface area contributed by atoms with Gasteiger partial charge in [-0.2, -0.15) is 0 Å². The van der Waals surface area contributed by atoms with Crippen LogP contribution < -0.4 is 5.73 Å². The van der Waals surface area contributed by atoms with Crippen LogP contribution >= 0.6 is 0 Å². The molecule has 0 saturated heterocycles. The molecule has 0 bridgehead atoms. The van der Waals surface area contributed by atoms with Crippen molar-refractivity contribution in [2.75, 3.05) is 0 Å². The van der Waals surface area contributed by atoms with Crippen molar-refractivity contribution >= 4 is 0 Å². The van der Waals surface area contributed by atoms with Crippen LogP contribution in [0.5, 0.6) is 0 Å². The van der Waals surface area contributed by atoms with Gasteiger partial charge >= 0.3 is 0 Å². The van der Waals surface area contributed by atoms with Crippen LogP contribution in [-0.2, 0) is 0 Å². The van der Waals surface area contributed by atoms with E-state index in [9.17, 15) is 0 Å². The second-order valence-corrected chi connectivity index (χ2v) is 6.03. The molecule has 1 aromatic rings. The number of hydrogen-bond donors (Lipinski definition) is 1. The molecule has 88 valence electrons. The second kappa shape index (κ2) is 3.59. The van der Waals surface area contributed by atoms with E-state index in [-0.39, 0.29) is 5.41 Å². The minimum absolute atomic E-state index is 0.255. The standard InChI is InChI=1S/C15H23N/c1-9-6-10(2)14(11(3)7-9)12-8-13(16)15(12,4)5/h6-7,12-13H,8,16H2,1-5H3. The lowest BCUT2D eigenvalue weighted by Gasteiger charge is -2.51. The fourth-order valence-electron chi connectivity index (χ4n) is 3.19. The van der Waals surface area contributed by atoms with Crippen molar-refractivity contribution < 1.29 is 0 Å². The lowest BCUT2D eigenvalue weighted by molar-refractivity contribution is 0.0975. The van der Waals surface area contributed by atoms with Crippen molar-refractivity contribution in [3.63, 3.8) is 0 Å². The zero-order chi connectivity index (χ0) is 12.1. The molecule has 16 heavy (non-hydrogen) atoms. The molecule has 1 saturated carbocycles. The van der Waals surface area contributed by atoms with E-state index < -0.39 is 0 Å². The average molecular weight is 217 g/mol. The first-order valence-electron chi connectivity index (χ1n) is 6.17. The summed E-state index contributed by atoms with van der Waals surface area (Å²) in [6.45, 7) is 11.2. The molecule has 1 nitrogen and oxygen atoms in total. The Labute approximate surface area is 99.0 Å². The van der Waals surface area contributed by atoms with Crippen LogP contribution in [0, 0.1) is 26.2 Å². The normalized spacial score (nSPS) is 27.6. The monoisotopic (exact) mass is 217 g/mol. The van der Waals surface area contributed by atoms with Gasteiger partial charge in [0, 0.05) is 6.04 Å². The summed E-state index contributed by atoms with van der Waals surface area (Å²) in [6.07, 6.45) is 1.14. The Morgan fingerprint density at radius 3 is 2.00 bits per heavy atom. The summed E-state index contributed by atoms with van der Waals surface area (Å²) < 4.78 is 0. The fourth-order valence-corrected chi connectivity index (χ4v) is 3.19. The van der Waals surface area contributed by atoms with Crippen LogP contribution in [0.3, 0.4) is 0 Å². The molecular weight excluding hydrogens is 194 g/mol. The maximum absolute atomic E-state index is 6.11. The Morgan fingerprint density at radius 1 is 1.12 bits per heavy atom. The Morgan fingerprint density at radius 2 is 1.62 bits per heavy atom. The van der Waals surface area contributed by atoms with E-state index in [1.807, 2.05) is 0 Å². The van der Waals surface area contributed by atoms with Gasteiger partial charge in [-0.1, -0.05) is 31.5 Å². The Kier molecular flexibility index (Phi) is 2.62. The Balaban J connectivity index is 2.43. The van der Waals surface area contributed by atoms with Crippen molar-refractivity contribution in [2.45, 2.75) is 53.0 Å². The van der Waals surface area contributed by atoms with E-state index in [1.165, 1.54) is 22.3 Å². The van der Waals surface area contributed by atoms with Gasteiger partial charge in [0.05, 0.1) is 0 Å². The van der Waals surface area contributed by atoms with Gasteiger partial charge in [0.1, 0.15) is 0 Å². The minimum atomic E-state index is 0.255. The molecule has 0 aliphatic heterocycles. The minimum Gasteiger partial charge on any atom is -0.327 e. The average Bonchev–Trinajstić information content (AvgIpc) is 2.15. The molecule has 2 N–H and O–H groups in total. The van der Waals surface area contributed by atoms with Crippen LogP contribution in [-0.4, -0.2) is 6.04 Å². The molecule has 1 aliphatic rings. The quantitative estimate of drug-likeness (QED) is 0.766. The number of benzene rings is 1. The second-order valence-electron chi connectivity index (χ2n) is 6.03. The van der Waals surface area contributed by atoms with Crippen molar-refractivity contribution in [3.8, 4) is 0 Å². The first-order valence-corrected chi connectivity index (χ1v) is 6.17. The molecule has 0 spiro atoms. The molecule has 1 fully saturated rings. The molecule has 0 amide bonds. The van der Waals surface area contributed by atoms with Gasteiger partial charge in [0.25, 0.3) is 0 Å². The van der Waals surface area contributed by atoms with E-state index in [0.29, 0.717) is 12.0 Å². The van der Waals surface area contributed by atoms with E-state index in [2.05, 4.69) is 46.8 Å². The molecule has 0 aromatic heterocycles. The fraction of sp³-hybridized carbons (Fsp3) is 0.600. The van der Waals surface area contributed by atoms with Gasteiger partial charge in [-0.15, -0.1) is 0 Å². The van der Waals surface area contributed by atoms with E-state index >= 15 is 0 Å². The zero-order valence-corrected chi connectivity index (χ0v) is 11.1. The first kappa shape index (κ1) is 11.7. The highest BCUT2D eigenvalue weighted by atomic mass is 14.8. The van der Waals surface area contributed by atoms with Gasteiger partial charge in [-0.3, -0.25) is 0 Å². The summed E-state index contributed by atoms with van der Waals surface area (Å²) in [5, 5.41) is 0. The van der Waals surface area contributed by atoms with Gasteiger partial charge < -0.3 is 5.73 Å². The highest BCUT2D eigenvalue weighted by Crippen LogP contribution is 2.52. The predicted octanol–water partition coefficient (Wildman–Crippen LogP) is 3.45. The van der Waals surface area contributed by atoms with Crippen molar-refractivity contribution in [1.82, 2.24) is 0 Å². The van der Waals surface area contributed by atoms with E-state index in [0.717, 1.165) is 6.42 Å². The third-order valence-electron chi connectivity index (χ3n) is 4.43. The summed E-state index contributed by atoms with van der Waals surface area (Å²) in [7, 11) is 0. The molecule has 1 aromatic carbocycles. The summed E-state index contributed by atoms with van der Waals surface area (Å²) in [5.41, 5.74) is 12.1. The van der Waals surface area contributed by atoms with Crippen LogP contribution in [0.4, 0.5) is 0 Å². The molecule has 0 heterocycles. The van der Waals surface area contributed by atoms with E-state index in [1.54, 1.807) is 0 Å². The van der Waals surface area contributed by atoms with Crippen LogP contribution in [0.15, 0.2) is 12.1 Å². The number of rotatable bonds is 1. The number of hydrogen-bond acceptors (Lipinski definition) is 1. The predicted molar refractivity (Wildman–Crippen MR) is 69.8 cm³/mol. The third kappa shape index (κ3) is 1.58. The van der Waals surface area contributed by atoms with Gasteiger partial charge in [0.2, 0.25) is 0 Å². The summed E-state index contributed by atoms with van der Waals surface area (Å²) in [4.78, 5) is 0. The number of aryl methyl sites for hydroxylation is 3. The SMILES string of the molecule is Cc1cc(C)c(C2CC(N)C2(C)C)c(C)c1. The lowest BCUT2D eigenvalue weighted by Crippen LogP contribution is -2.53. The number of nitrogens with two attached hydrogens (primary N) is 1. The maximum Gasteiger partial charge on any atom is 0.0102 e. The summed E-state index contributed by atoms with van der Waals surface area (Å²) in [6, 6.07) is 4.95. The van der Waals surface area contributed by atoms with Crippen molar-refractivity contribution in [1.29, 1.82) is 0 Å². The maximum atomic E-state index is 6.11. The topological polar surface area (TPSA) is 26.0 Å². The van der Waals surface area contributed by atoms with Crippen LogP contribution in [0.2, 0.25) is 0 Å². The summed E-state index contributed by atoms with van der Waals surface area (Å²) >= 11 is 0. The van der Waals surface area contributed by atoms with Gasteiger partial charge in [-0.25, -0.2) is 0 Å². The smallest absolute Gasteiger partial charge is 0.0102 e. The highest BCUT2D eigenvalue weighted by molar-refractivity contribution is 5.42. The Bertz CT molecular complexity index is 394. The molecule has 2 rings (SSSR count). The third-order valence-corrected chi connectivity index (χ3v) is 4.43. The summed E-state index contributed by atoms with van der Waals surface area (Å²) in [5.74, 6) is 0.642. The van der Waals surface area contributed by atoms with Gasteiger partial charge in [-0.05, 0) is 55.2 Å². The molecule has 1 heteroatoms. The van der Waals surface area contributed by atoms with Crippen molar-refractivity contribution in [2.24, 2.45) is 11.1 Å². The van der Waals surface area contributed by atoms with Crippen LogP contribution in [0.25, 0.3) is 0 Å². The largest absolute Gasteiger partial charge is 0.327 e. The Hall–Kier alpha value is -0.820.